The van der Waals surface area contributed by atoms with E-state index in [1.807, 2.05) is 24.4 Å². The summed E-state index contributed by atoms with van der Waals surface area (Å²) in [6, 6.07) is 6.18. The molecular formula is C14H18N2OS. The van der Waals surface area contributed by atoms with E-state index >= 15 is 0 Å². The number of ether oxygens (including phenoxy) is 1. The predicted molar refractivity (Wildman–Crippen MR) is 75.0 cm³/mol. The molecule has 0 saturated carbocycles. The van der Waals surface area contributed by atoms with Gasteiger partial charge >= 0.3 is 0 Å². The van der Waals surface area contributed by atoms with Gasteiger partial charge in [-0.2, -0.15) is 0 Å². The van der Waals surface area contributed by atoms with E-state index in [0.717, 1.165) is 16.5 Å². The van der Waals surface area contributed by atoms with Crippen molar-refractivity contribution in [2.45, 2.75) is 33.4 Å². The molecule has 0 saturated heterocycles. The van der Waals surface area contributed by atoms with Crippen molar-refractivity contribution in [1.82, 2.24) is 4.98 Å². The maximum Gasteiger partial charge on any atom is 0.140 e. The fraction of sp³-hybridized carbons (Fsp3) is 0.357. The van der Waals surface area contributed by atoms with Crippen molar-refractivity contribution in [2.24, 2.45) is 5.73 Å². The van der Waals surface area contributed by atoms with Crippen LogP contribution in [-0.2, 0) is 6.61 Å². The molecule has 18 heavy (non-hydrogen) atoms. The number of hydrogen-bond acceptors (Lipinski definition) is 4. The zero-order chi connectivity index (χ0) is 13.1. The summed E-state index contributed by atoms with van der Waals surface area (Å²) in [5.41, 5.74) is 9.12. The Labute approximate surface area is 112 Å². The molecule has 0 amide bonds. The van der Waals surface area contributed by atoms with Gasteiger partial charge in [-0.15, -0.1) is 11.3 Å². The van der Waals surface area contributed by atoms with Crippen molar-refractivity contribution in [1.29, 1.82) is 0 Å². The first kappa shape index (κ1) is 13.1. The molecular weight excluding hydrogens is 244 g/mol. The van der Waals surface area contributed by atoms with E-state index in [1.165, 1.54) is 11.1 Å². The third-order valence-corrected chi connectivity index (χ3v) is 3.43. The van der Waals surface area contributed by atoms with Crippen LogP contribution in [0.4, 0.5) is 0 Å². The zero-order valence-corrected chi connectivity index (χ0v) is 11.8. The van der Waals surface area contributed by atoms with Crippen LogP contribution in [0.25, 0.3) is 0 Å². The molecule has 3 nitrogen and oxygen atoms in total. The largest absolute Gasteiger partial charge is 0.486 e. The van der Waals surface area contributed by atoms with Crippen molar-refractivity contribution in [3.8, 4) is 5.75 Å². The second kappa shape index (κ2) is 5.50. The molecule has 2 N–H and O–H groups in total. The Morgan fingerprint density at radius 1 is 1.28 bits per heavy atom. The summed E-state index contributed by atoms with van der Waals surface area (Å²) in [5, 5.41) is 2.95. The maximum atomic E-state index is 5.78. The second-order valence-electron chi connectivity index (χ2n) is 4.57. The fourth-order valence-corrected chi connectivity index (χ4v) is 2.57. The minimum atomic E-state index is -0.0174. The predicted octanol–water partition coefficient (Wildman–Crippen LogP) is 3.36. The minimum absolute atomic E-state index is 0.0174. The highest BCUT2D eigenvalue weighted by molar-refractivity contribution is 7.09. The summed E-state index contributed by atoms with van der Waals surface area (Å²) in [6.07, 6.45) is 0. The first-order chi connectivity index (χ1) is 8.54. The van der Waals surface area contributed by atoms with Crippen LogP contribution in [-0.4, -0.2) is 4.98 Å². The number of nitrogens with zero attached hydrogens (tertiary/aromatic N) is 1. The van der Waals surface area contributed by atoms with Gasteiger partial charge < -0.3 is 10.5 Å². The Bertz CT molecular complexity index is 514. The highest BCUT2D eigenvalue weighted by Crippen LogP contribution is 2.20. The van der Waals surface area contributed by atoms with Crippen LogP contribution in [0, 0.1) is 13.8 Å². The van der Waals surface area contributed by atoms with Crippen molar-refractivity contribution in [3.63, 3.8) is 0 Å². The lowest BCUT2D eigenvalue weighted by molar-refractivity contribution is 0.305. The van der Waals surface area contributed by atoms with Crippen LogP contribution < -0.4 is 10.5 Å². The van der Waals surface area contributed by atoms with Crippen LogP contribution in [0.5, 0.6) is 5.75 Å². The van der Waals surface area contributed by atoms with Gasteiger partial charge in [-0.05, 0) is 44.0 Å². The molecule has 1 aromatic carbocycles. The summed E-state index contributed by atoms with van der Waals surface area (Å²) < 4.78 is 5.75. The Morgan fingerprint density at radius 3 is 2.50 bits per heavy atom. The lowest BCUT2D eigenvalue weighted by atomic mass is 10.1. The summed E-state index contributed by atoms with van der Waals surface area (Å²) >= 11 is 1.59. The fourth-order valence-electron chi connectivity index (χ4n) is 1.76. The van der Waals surface area contributed by atoms with Gasteiger partial charge in [0, 0.05) is 11.4 Å². The smallest absolute Gasteiger partial charge is 0.140 e. The first-order valence-corrected chi connectivity index (χ1v) is 6.83. The van der Waals surface area contributed by atoms with E-state index < -0.39 is 0 Å². The number of aryl methyl sites for hydroxylation is 2. The van der Waals surface area contributed by atoms with Gasteiger partial charge in [-0.1, -0.05) is 6.07 Å². The zero-order valence-electron chi connectivity index (χ0n) is 10.9. The lowest BCUT2D eigenvalue weighted by Crippen LogP contribution is -2.05. The third kappa shape index (κ3) is 3.31. The average Bonchev–Trinajstić information content (AvgIpc) is 2.73. The van der Waals surface area contributed by atoms with Gasteiger partial charge in [-0.3, -0.25) is 0 Å². The van der Waals surface area contributed by atoms with Crippen LogP contribution in [0.15, 0.2) is 23.6 Å². The molecule has 0 fully saturated rings. The molecule has 96 valence electrons. The van der Waals surface area contributed by atoms with E-state index in [0.29, 0.717) is 6.61 Å². The Kier molecular flexibility index (Phi) is 3.99. The van der Waals surface area contributed by atoms with E-state index in [9.17, 15) is 0 Å². The molecule has 0 aliphatic heterocycles. The minimum Gasteiger partial charge on any atom is -0.486 e. The van der Waals surface area contributed by atoms with Gasteiger partial charge in [0.25, 0.3) is 0 Å². The molecule has 0 spiro atoms. The Balaban J connectivity index is 2.02. The number of hydrogen-bond donors (Lipinski definition) is 1. The van der Waals surface area contributed by atoms with Crippen molar-refractivity contribution < 1.29 is 4.74 Å². The number of aromatic nitrogens is 1. The van der Waals surface area contributed by atoms with E-state index in [2.05, 4.69) is 24.9 Å². The van der Waals surface area contributed by atoms with Gasteiger partial charge in [0.1, 0.15) is 17.4 Å². The Hall–Kier alpha value is -1.39. The quantitative estimate of drug-likeness (QED) is 0.919. The van der Waals surface area contributed by atoms with Crippen LogP contribution in [0.1, 0.15) is 34.8 Å². The average molecular weight is 262 g/mol. The third-order valence-electron chi connectivity index (χ3n) is 2.59. The summed E-state index contributed by atoms with van der Waals surface area (Å²) in [4.78, 5) is 4.44. The molecule has 0 aliphatic rings. The maximum absolute atomic E-state index is 5.78. The number of benzene rings is 1. The second-order valence-corrected chi connectivity index (χ2v) is 5.51. The van der Waals surface area contributed by atoms with Gasteiger partial charge in [-0.25, -0.2) is 4.98 Å². The molecule has 4 heteroatoms. The monoisotopic (exact) mass is 262 g/mol. The normalized spacial score (nSPS) is 12.4. The van der Waals surface area contributed by atoms with E-state index in [4.69, 9.17) is 10.5 Å². The molecule has 2 aromatic rings. The molecule has 1 atom stereocenters. The molecule has 1 heterocycles. The van der Waals surface area contributed by atoms with Crippen LogP contribution in [0.2, 0.25) is 0 Å². The van der Waals surface area contributed by atoms with Crippen molar-refractivity contribution in [3.05, 3.63) is 45.4 Å². The summed E-state index contributed by atoms with van der Waals surface area (Å²) in [7, 11) is 0. The Morgan fingerprint density at radius 2 is 1.94 bits per heavy atom. The molecule has 0 radical (unpaired) electrons. The van der Waals surface area contributed by atoms with Crippen LogP contribution >= 0.6 is 11.3 Å². The number of thiazole rings is 1. The SMILES string of the molecule is Cc1cc(C)cc(OCc2nc(C(C)N)cs2)c1. The summed E-state index contributed by atoms with van der Waals surface area (Å²) in [5.74, 6) is 0.894. The molecule has 0 aliphatic carbocycles. The van der Waals surface area contributed by atoms with Crippen LogP contribution in [0.3, 0.4) is 0 Å². The first-order valence-electron chi connectivity index (χ1n) is 5.95. The van der Waals surface area contributed by atoms with E-state index in [1.54, 1.807) is 11.3 Å². The number of rotatable bonds is 4. The standard InChI is InChI=1S/C14H18N2OS/c1-9-4-10(2)6-12(5-9)17-7-14-16-13(8-18-14)11(3)15/h4-6,8,11H,7,15H2,1-3H3. The van der Waals surface area contributed by atoms with Gasteiger partial charge in [0.15, 0.2) is 0 Å². The van der Waals surface area contributed by atoms with Crippen molar-refractivity contribution >= 4 is 11.3 Å². The number of nitrogens with two attached hydrogens (primary N) is 1. The van der Waals surface area contributed by atoms with Gasteiger partial charge in [0.2, 0.25) is 0 Å². The van der Waals surface area contributed by atoms with Gasteiger partial charge in [0.05, 0.1) is 5.69 Å². The molecule has 0 bridgehead atoms. The molecule has 1 unspecified atom stereocenters. The highest BCUT2D eigenvalue weighted by atomic mass is 32.1. The molecule has 1 aromatic heterocycles. The topological polar surface area (TPSA) is 48.1 Å². The lowest BCUT2D eigenvalue weighted by Gasteiger charge is -2.06. The van der Waals surface area contributed by atoms with E-state index in [-0.39, 0.29) is 6.04 Å². The highest BCUT2D eigenvalue weighted by Gasteiger charge is 2.06. The molecule has 2 rings (SSSR count). The summed E-state index contributed by atoms with van der Waals surface area (Å²) in [6.45, 7) is 6.57. The van der Waals surface area contributed by atoms with Crippen molar-refractivity contribution in [2.75, 3.05) is 0 Å².